The normalized spacial score (nSPS) is 13.6. The Morgan fingerprint density at radius 2 is 1.45 bits per heavy atom. The SMILES string of the molecule is FC(F)(F)COSC(F)(F)F. The summed E-state index contributed by atoms with van der Waals surface area (Å²) in [5, 5.41) is 0. The van der Waals surface area contributed by atoms with E-state index in [9.17, 15) is 26.3 Å². The third-order valence-electron chi connectivity index (χ3n) is 0.376. The van der Waals surface area contributed by atoms with Gasteiger partial charge in [0.1, 0.15) is 12.0 Å². The van der Waals surface area contributed by atoms with Crippen molar-refractivity contribution < 1.29 is 30.5 Å². The number of hydrogen-bond acceptors (Lipinski definition) is 2. The van der Waals surface area contributed by atoms with Crippen molar-refractivity contribution in [3.63, 3.8) is 0 Å². The Labute approximate surface area is 61.9 Å². The van der Waals surface area contributed by atoms with Crippen molar-refractivity contribution in [2.24, 2.45) is 0 Å². The van der Waals surface area contributed by atoms with Crippen molar-refractivity contribution in [3.05, 3.63) is 0 Å². The van der Waals surface area contributed by atoms with E-state index in [0.29, 0.717) is 0 Å². The topological polar surface area (TPSA) is 9.23 Å². The molecule has 0 saturated heterocycles. The zero-order chi connectivity index (χ0) is 9.12. The van der Waals surface area contributed by atoms with Crippen molar-refractivity contribution in [3.8, 4) is 0 Å². The van der Waals surface area contributed by atoms with E-state index in [-0.39, 0.29) is 0 Å². The second-order valence-corrected chi connectivity index (χ2v) is 2.27. The average molecular weight is 200 g/mol. The molecule has 0 bridgehead atoms. The summed E-state index contributed by atoms with van der Waals surface area (Å²) in [6.45, 7) is -1.91. The second kappa shape index (κ2) is 3.53. The van der Waals surface area contributed by atoms with E-state index >= 15 is 0 Å². The molecular weight excluding hydrogens is 198 g/mol. The van der Waals surface area contributed by atoms with Gasteiger partial charge in [0.25, 0.3) is 0 Å². The third-order valence-corrected chi connectivity index (χ3v) is 0.801. The zero-order valence-corrected chi connectivity index (χ0v) is 5.61. The van der Waals surface area contributed by atoms with Crippen molar-refractivity contribution >= 4 is 12.0 Å². The van der Waals surface area contributed by atoms with Gasteiger partial charge >= 0.3 is 11.7 Å². The summed E-state index contributed by atoms with van der Waals surface area (Å²) in [6, 6.07) is 0. The highest BCUT2D eigenvalue weighted by Gasteiger charge is 2.34. The van der Waals surface area contributed by atoms with Gasteiger partial charge in [0.2, 0.25) is 0 Å². The van der Waals surface area contributed by atoms with Crippen LogP contribution in [0, 0.1) is 0 Å². The highest BCUT2D eigenvalue weighted by atomic mass is 32.2. The zero-order valence-electron chi connectivity index (χ0n) is 4.79. The minimum atomic E-state index is -4.79. The van der Waals surface area contributed by atoms with Crippen LogP contribution in [-0.2, 0) is 4.18 Å². The number of halogens is 6. The van der Waals surface area contributed by atoms with Gasteiger partial charge in [-0.15, -0.1) is 0 Å². The van der Waals surface area contributed by atoms with Crippen LogP contribution in [0.2, 0.25) is 0 Å². The van der Waals surface area contributed by atoms with Crippen LogP contribution < -0.4 is 0 Å². The molecule has 0 unspecified atom stereocenters. The predicted molar refractivity (Wildman–Crippen MR) is 25.7 cm³/mol. The monoisotopic (exact) mass is 200 g/mol. The van der Waals surface area contributed by atoms with Crippen LogP contribution in [0.4, 0.5) is 26.3 Å². The molecule has 8 heteroatoms. The molecule has 0 aromatic rings. The quantitative estimate of drug-likeness (QED) is 0.500. The van der Waals surface area contributed by atoms with E-state index in [4.69, 9.17) is 0 Å². The summed E-state index contributed by atoms with van der Waals surface area (Å²) in [6.07, 6.45) is -4.72. The van der Waals surface area contributed by atoms with Gasteiger partial charge in [0.05, 0.1) is 0 Å². The Morgan fingerprint density at radius 3 is 1.73 bits per heavy atom. The number of rotatable bonds is 2. The maximum Gasteiger partial charge on any atom is 0.467 e. The Bertz CT molecular complexity index is 102. The fourth-order valence-corrected chi connectivity index (χ4v) is 0.489. The molecule has 0 heterocycles. The molecule has 1 nitrogen and oxygen atoms in total. The fourth-order valence-electron chi connectivity index (χ4n) is 0.163. The molecular formula is C3H2F6OS. The first-order valence-corrected chi connectivity index (χ1v) is 2.89. The van der Waals surface area contributed by atoms with Crippen LogP contribution in [-0.4, -0.2) is 18.3 Å². The van der Waals surface area contributed by atoms with Crippen molar-refractivity contribution in [1.29, 1.82) is 0 Å². The third kappa shape index (κ3) is 9.89. The predicted octanol–water partition coefficient (Wildman–Crippen LogP) is 2.73. The molecule has 0 N–H and O–H groups in total. The summed E-state index contributed by atoms with van der Waals surface area (Å²) in [7, 11) is 0. The van der Waals surface area contributed by atoms with E-state index in [1.54, 1.807) is 0 Å². The molecule has 68 valence electrons. The van der Waals surface area contributed by atoms with E-state index < -0.39 is 30.3 Å². The lowest BCUT2D eigenvalue weighted by Gasteiger charge is -2.07. The van der Waals surface area contributed by atoms with Gasteiger partial charge in [0.15, 0.2) is 6.61 Å². The van der Waals surface area contributed by atoms with Gasteiger partial charge in [-0.25, -0.2) is 0 Å². The molecule has 0 rings (SSSR count). The molecule has 0 aliphatic heterocycles. The van der Waals surface area contributed by atoms with Gasteiger partial charge in [-0.05, 0) is 0 Å². The van der Waals surface area contributed by atoms with Crippen molar-refractivity contribution in [2.45, 2.75) is 11.7 Å². The largest absolute Gasteiger partial charge is 0.467 e. The Morgan fingerprint density at radius 1 is 1.00 bits per heavy atom. The molecule has 0 fully saturated rings. The lowest BCUT2D eigenvalue weighted by molar-refractivity contribution is -0.152. The maximum atomic E-state index is 11.1. The summed E-state index contributed by atoms with van der Waals surface area (Å²) in [5.74, 6) is 0. The van der Waals surface area contributed by atoms with Gasteiger partial charge in [-0.2, -0.15) is 26.3 Å². The van der Waals surface area contributed by atoms with Crippen molar-refractivity contribution in [2.75, 3.05) is 6.61 Å². The first kappa shape index (κ1) is 10.9. The molecule has 0 radical (unpaired) electrons. The maximum absolute atomic E-state index is 11.1. The minimum Gasteiger partial charge on any atom is -0.298 e. The summed E-state index contributed by atoms with van der Waals surface area (Å²) < 4.78 is 69.9. The molecule has 0 saturated carbocycles. The van der Waals surface area contributed by atoms with Gasteiger partial charge in [0, 0.05) is 0 Å². The summed E-state index contributed by atoms with van der Waals surface area (Å²) in [4.78, 5) is 0. The van der Waals surface area contributed by atoms with Crippen LogP contribution in [0.3, 0.4) is 0 Å². The van der Waals surface area contributed by atoms with Crippen LogP contribution in [0.15, 0.2) is 0 Å². The summed E-state index contributed by atoms with van der Waals surface area (Å²) >= 11 is -1.16. The van der Waals surface area contributed by atoms with E-state index in [1.165, 1.54) is 0 Å². The molecule has 0 aromatic carbocycles. The summed E-state index contributed by atoms with van der Waals surface area (Å²) in [5.41, 5.74) is -4.79. The fraction of sp³-hybridized carbons (Fsp3) is 1.00. The highest BCUT2D eigenvalue weighted by molar-refractivity contribution is 7.95. The lowest BCUT2D eigenvalue weighted by Crippen LogP contribution is -2.16. The Balaban J connectivity index is 3.44. The molecule has 0 atom stereocenters. The Hall–Kier alpha value is -0.110. The first-order chi connectivity index (χ1) is 4.71. The lowest BCUT2D eigenvalue weighted by atomic mass is 10.7. The van der Waals surface area contributed by atoms with Crippen molar-refractivity contribution in [1.82, 2.24) is 0 Å². The first-order valence-electron chi connectivity index (χ1n) is 2.15. The van der Waals surface area contributed by atoms with Crippen LogP contribution in [0.25, 0.3) is 0 Å². The molecule has 0 amide bonds. The highest BCUT2D eigenvalue weighted by Crippen LogP contribution is 2.32. The van der Waals surface area contributed by atoms with Gasteiger partial charge in [-0.1, -0.05) is 0 Å². The van der Waals surface area contributed by atoms with Crippen LogP contribution in [0.1, 0.15) is 0 Å². The molecule has 0 aromatic heterocycles. The molecule has 0 aliphatic carbocycles. The number of alkyl halides is 6. The molecule has 0 aliphatic rings. The standard InChI is InChI=1S/C3H2F6OS/c4-2(5,6)1-10-11-3(7,8)9/h1H2. The van der Waals surface area contributed by atoms with Gasteiger partial charge < -0.3 is 0 Å². The number of hydrogen-bond donors (Lipinski definition) is 0. The van der Waals surface area contributed by atoms with E-state index in [1.807, 2.05) is 0 Å². The van der Waals surface area contributed by atoms with E-state index in [2.05, 4.69) is 4.18 Å². The molecule has 11 heavy (non-hydrogen) atoms. The molecule has 0 spiro atoms. The average Bonchev–Trinajstić information content (AvgIpc) is 1.55. The smallest absolute Gasteiger partial charge is 0.298 e. The van der Waals surface area contributed by atoms with Crippen LogP contribution >= 0.6 is 12.0 Å². The second-order valence-electron chi connectivity index (χ2n) is 1.41. The minimum absolute atomic E-state index is 1.16. The van der Waals surface area contributed by atoms with E-state index in [0.717, 1.165) is 0 Å². The van der Waals surface area contributed by atoms with Gasteiger partial charge in [-0.3, -0.25) is 4.18 Å². The Kier molecular flexibility index (Phi) is 3.49. The van der Waals surface area contributed by atoms with Crippen LogP contribution in [0.5, 0.6) is 0 Å².